The van der Waals surface area contributed by atoms with Crippen molar-refractivity contribution in [2.24, 2.45) is 5.10 Å². The molecule has 0 saturated heterocycles. The van der Waals surface area contributed by atoms with Crippen LogP contribution in [-0.4, -0.2) is 18.3 Å². The van der Waals surface area contributed by atoms with Gasteiger partial charge in [-0.15, -0.1) is 11.8 Å². The van der Waals surface area contributed by atoms with Crippen molar-refractivity contribution in [2.45, 2.75) is 23.9 Å². The number of methoxy groups -OCH3 is 1. The summed E-state index contributed by atoms with van der Waals surface area (Å²) in [6.07, 6.45) is -2.96. The smallest absolute Gasteiger partial charge is 0.433 e. The van der Waals surface area contributed by atoms with E-state index in [1.165, 1.54) is 14.0 Å². The first-order chi connectivity index (χ1) is 15.3. The molecule has 9 heteroatoms. The zero-order valence-corrected chi connectivity index (χ0v) is 18.1. The highest BCUT2D eigenvalue weighted by atomic mass is 32.2. The van der Waals surface area contributed by atoms with Crippen molar-refractivity contribution in [3.63, 3.8) is 0 Å². The molecular weight excluding hydrogens is 437 g/mol. The van der Waals surface area contributed by atoms with Gasteiger partial charge in [0.05, 0.1) is 24.6 Å². The van der Waals surface area contributed by atoms with Gasteiger partial charge >= 0.3 is 6.18 Å². The summed E-state index contributed by atoms with van der Waals surface area (Å²) in [6, 6.07) is 17.7. The highest BCUT2D eigenvalue weighted by Crippen LogP contribution is 2.35. The summed E-state index contributed by atoms with van der Waals surface area (Å²) in [5, 5.41) is 13.6. The maximum Gasteiger partial charge on any atom is 0.433 e. The highest BCUT2D eigenvalue weighted by molar-refractivity contribution is 7.98. The van der Waals surface area contributed by atoms with Crippen LogP contribution in [0.25, 0.3) is 0 Å². The number of pyridine rings is 1. The van der Waals surface area contributed by atoms with Gasteiger partial charge in [0.15, 0.2) is 0 Å². The minimum atomic E-state index is -4.59. The van der Waals surface area contributed by atoms with Crippen LogP contribution < -0.4 is 10.2 Å². The molecule has 0 unspecified atom stereocenters. The Morgan fingerprint density at radius 2 is 1.94 bits per heavy atom. The fraction of sp³-hybridized carbons (Fsp3) is 0.174. The number of rotatable bonds is 7. The van der Waals surface area contributed by atoms with E-state index in [4.69, 9.17) is 4.74 Å². The molecule has 1 heterocycles. The summed E-state index contributed by atoms with van der Waals surface area (Å²) in [5.74, 6) is 0.840. The second-order valence-electron chi connectivity index (χ2n) is 6.71. The zero-order chi connectivity index (χ0) is 23.1. The minimum Gasteiger partial charge on any atom is -0.496 e. The van der Waals surface area contributed by atoms with Crippen LogP contribution >= 0.6 is 11.8 Å². The quantitative estimate of drug-likeness (QED) is 0.267. The van der Waals surface area contributed by atoms with Gasteiger partial charge in [-0.1, -0.05) is 18.2 Å². The molecule has 0 bridgehead atoms. The van der Waals surface area contributed by atoms with Crippen LogP contribution in [0.15, 0.2) is 64.7 Å². The normalized spacial score (nSPS) is 11.4. The van der Waals surface area contributed by atoms with Crippen LogP contribution in [0.2, 0.25) is 0 Å². The average molecular weight is 456 g/mol. The standard InChI is InChI=1S/C23H19F3N4OS/c1-15-10-21(23(24,25)26)29-22(19(15)12-27)32-14-17-11-16(8-9-20(17)31-2)13-28-30-18-6-4-3-5-7-18/h3-11,13,30H,14H2,1-2H3. The van der Waals surface area contributed by atoms with Crippen molar-refractivity contribution < 1.29 is 17.9 Å². The van der Waals surface area contributed by atoms with Crippen molar-refractivity contribution in [1.29, 1.82) is 5.26 Å². The Bertz CT molecular complexity index is 1160. The summed E-state index contributed by atoms with van der Waals surface area (Å²) in [7, 11) is 1.52. The van der Waals surface area contributed by atoms with Gasteiger partial charge in [-0.05, 0) is 54.4 Å². The van der Waals surface area contributed by atoms with E-state index in [1.54, 1.807) is 12.3 Å². The van der Waals surface area contributed by atoms with Crippen LogP contribution in [0, 0.1) is 18.3 Å². The van der Waals surface area contributed by atoms with Crippen LogP contribution in [0.3, 0.4) is 0 Å². The number of aryl methyl sites for hydroxylation is 1. The van der Waals surface area contributed by atoms with Crippen molar-refractivity contribution in [1.82, 2.24) is 4.98 Å². The highest BCUT2D eigenvalue weighted by Gasteiger charge is 2.34. The number of thioether (sulfide) groups is 1. The van der Waals surface area contributed by atoms with Crippen molar-refractivity contribution >= 4 is 23.7 Å². The van der Waals surface area contributed by atoms with Gasteiger partial charge < -0.3 is 4.74 Å². The number of nitrogens with one attached hydrogen (secondary N) is 1. The Morgan fingerprint density at radius 3 is 2.59 bits per heavy atom. The number of aromatic nitrogens is 1. The molecule has 1 N–H and O–H groups in total. The fourth-order valence-corrected chi connectivity index (χ4v) is 3.89. The molecule has 0 aliphatic carbocycles. The monoisotopic (exact) mass is 456 g/mol. The summed E-state index contributed by atoms with van der Waals surface area (Å²) < 4.78 is 44.9. The lowest BCUT2D eigenvalue weighted by Gasteiger charge is -2.13. The molecule has 0 fully saturated rings. The Labute approximate surface area is 187 Å². The predicted molar refractivity (Wildman–Crippen MR) is 119 cm³/mol. The van der Waals surface area contributed by atoms with E-state index in [0.717, 1.165) is 34.6 Å². The van der Waals surface area contributed by atoms with Gasteiger partial charge in [0.1, 0.15) is 22.5 Å². The second kappa shape index (κ2) is 10.2. The van der Waals surface area contributed by atoms with Crippen molar-refractivity contribution in [3.8, 4) is 11.8 Å². The molecule has 0 aliphatic rings. The number of alkyl halides is 3. The van der Waals surface area contributed by atoms with E-state index < -0.39 is 11.9 Å². The van der Waals surface area contributed by atoms with E-state index in [0.29, 0.717) is 5.75 Å². The van der Waals surface area contributed by atoms with E-state index in [2.05, 4.69) is 15.5 Å². The average Bonchev–Trinajstić information content (AvgIpc) is 2.77. The SMILES string of the molecule is COc1ccc(C=NNc2ccccc2)cc1CSc1nc(C(F)(F)F)cc(C)c1C#N. The Hall–Kier alpha value is -3.51. The first-order valence-electron chi connectivity index (χ1n) is 9.44. The van der Waals surface area contributed by atoms with Gasteiger partial charge in [-0.3, -0.25) is 5.43 Å². The van der Waals surface area contributed by atoms with Gasteiger partial charge in [-0.25, -0.2) is 4.98 Å². The Kier molecular flexibility index (Phi) is 7.38. The molecular formula is C23H19F3N4OS. The first kappa shape index (κ1) is 23.2. The lowest BCUT2D eigenvalue weighted by atomic mass is 10.1. The number of nitriles is 1. The summed E-state index contributed by atoms with van der Waals surface area (Å²) >= 11 is 1.05. The predicted octanol–water partition coefficient (Wildman–Crippen LogP) is 6.03. The van der Waals surface area contributed by atoms with Crippen LogP contribution in [0.5, 0.6) is 5.75 Å². The number of nitrogens with zero attached hydrogens (tertiary/aromatic N) is 3. The van der Waals surface area contributed by atoms with Crippen LogP contribution in [0.1, 0.15) is 27.9 Å². The van der Waals surface area contributed by atoms with E-state index in [1.807, 2.05) is 48.5 Å². The molecule has 32 heavy (non-hydrogen) atoms. The second-order valence-corrected chi connectivity index (χ2v) is 7.67. The Balaban J connectivity index is 1.82. The molecule has 0 saturated carbocycles. The van der Waals surface area contributed by atoms with Gasteiger partial charge in [-0.2, -0.15) is 23.5 Å². The number of hydrogen-bond acceptors (Lipinski definition) is 6. The molecule has 0 spiro atoms. The number of halogens is 3. The molecule has 0 amide bonds. The van der Waals surface area contributed by atoms with Crippen LogP contribution in [0.4, 0.5) is 18.9 Å². The molecule has 5 nitrogen and oxygen atoms in total. The van der Waals surface area contributed by atoms with E-state index in [-0.39, 0.29) is 21.9 Å². The number of hydrogen-bond donors (Lipinski definition) is 1. The third-order valence-corrected chi connectivity index (χ3v) is 5.46. The first-order valence-corrected chi connectivity index (χ1v) is 10.4. The molecule has 2 aromatic carbocycles. The summed E-state index contributed by atoms with van der Waals surface area (Å²) in [5.41, 5.74) is 4.62. The Morgan fingerprint density at radius 1 is 1.19 bits per heavy atom. The number of para-hydroxylation sites is 1. The molecule has 0 radical (unpaired) electrons. The van der Waals surface area contributed by atoms with Crippen molar-refractivity contribution in [2.75, 3.05) is 12.5 Å². The molecule has 0 aliphatic heterocycles. The summed E-state index contributed by atoms with van der Waals surface area (Å²) in [6.45, 7) is 1.47. The molecule has 3 aromatic rings. The maximum absolute atomic E-state index is 13.2. The van der Waals surface area contributed by atoms with E-state index in [9.17, 15) is 18.4 Å². The molecule has 0 atom stereocenters. The summed E-state index contributed by atoms with van der Waals surface area (Å²) in [4.78, 5) is 3.69. The fourth-order valence-electron chi connectivity index (χ4n) is 2.86. The largest absolute Gasteiger partial charge is 0.496 e. The van der Waals surface area contributed by atoms with Gasteiger partial charge in [0.2, 0.25) is 0 Å². The zero-order valence-electron chi connectivity index (χ0n) is 17.3. The molecule has 3 rings (SSSR count). The number of ether oxygens (including phenoxy) is 1. The maximum atomic E-state index is 13.2. The molecule has 1 aromatic heterocycles. The lowest BCUT2D eigenvalue weighted by Crippen LogP contribution is -2.10. The van der Waals surface area contributed by atoms with Crippen LogP contribution in [-0.2, 0) is 11.9 Å². The lowest BCUT2D eigenvalue weighted by molar-refractivity contribution is -0.141. The topological polar surface area (TPSA) is 70.3 Å². The number of anilines is 1. The van der Waals surface area contributed by atoms with E-state index >= 15 is 0 Å². The van der Waals surface area contributed by atoms with Gasteiger partial charge in [0, 0.05) is 11.3 Å². The third-order valence-electron chi connectivity index (χ3n) is 4.44. The number of benzene rings is 2. The van der Waals surface area contributed by atoms with Crippen molar-refractivity contribution in [3.05, 3.63) is 82.5 Å². The number of hydrazone groups is 1. The molecule has 164 valence electrons. The third kappa shape index (κ3) is 5.80. The van der Waals surface area contributed by atoms with Gasteiger partial charge in [0.25, 0.3) is 0 Å². The minimum absolute atomic E-state index is 0.0340.